The van der Waals surface area contributed by atoms with Gasteiger partial charge in [-0.25, -0.2) is 4.98 Å². The summed E-state index contributed by atoms with van der Waals surface area (Å²) in [4.78, 5) is 22.6. The van der Waals surface area contributed by atoms with Crippen molar-refractivity contribution < 1.29 is 9.32 Å². The highest BCUT2D eigenvalue weighted by Gasteiger charge is 2.31. The highest BCUT2D eigenvalue weighted by molar-refractivity contribution is 7.13. The van der Waals surface area contributed by atoms with Crippen molar-refractivity contribution in [2.24, 2.45) is 0 Å². The Hall–Kier alpha value is -1.80. The molecule has 0 radical (unpaired) electrons. The molecule has 0 aromatic carbocycles. The fourth-order valence-electron chi connectivity index (χ4n) is 2.48. The number of thiazole rings is 1. The summed E-state index contributed by atoms with van der Waals surface area (Å²) >= 11 is 1.41. The van der Waals surface area contributed by atoms with Crippen LogP contribution in [0.25, 0.3) is 0 Å². The Kier molecular flexibility index (Phi) is 4.26. The zero-order chi connectivity index (χ0) is 14.7. The molecule has 1 unspecified atom stereocenters. The molecule has 0 saturated carbocycles. The maximum absolute atomic E-state index is 12.1. The second kappa shape index (κ2) is 6.31. The van der Waals surface area contributed by atoms with Gasteiger partial charge in [-0.3, -0.25) is 9.69 Å². The SMILES string of the molecule is CCc1nc(C2CCCN2CC(=O)Nc2nccs2)no1. The van der Waals surface area contributed by atoms with Crippen LogP contribution >= 0.6 is 11.3 Å². The van der Waals surface area contributed by atoms with Crippen LogP contribution in [0.2, 0.25) is 0 Å². The molecule has 2 aromatic heterocycles. The second-order valence-electron chi connectivity index (χ2n) is 4.91. The number of nitrogens with one attached hydrogen (secondary N) is 1. The summed E-state index contributed by atoms with van der Waals surface area (Å²) in [6.45, 7) is 3.16. The first-order chi connectivity index (χ1) is 10.3. The van der Waals surface area contributed by atoms with Gasteiger partial charge in [0, 0.05) is 18.0 Å². The maximum atomic E-state index is 12.1. The fourth-order valence-corrected chi connectivity index (χ4v) is 3.03. The summed E-state index contributed by atoms with van der Waals surface area (Å²) in [6.07, 6.45) is 4.38. The van der Waals surface area contributed by atoms with Gasteiger partial charge in [0.25, 0.3) is 0 Å². The molecule has 7 nitrogen and oxygen atoms in total. The monoisotopic (exact) mass is 307 g/mol. The van der Waals surface area contributed by atoms with Gasteiger partial charge in [0.1, 0.15) is 0 Å². The molecule has 0 spiro atoms. The van der Waals surface area contributed by atoms with Crippen LogP contribution in [0, 0.1) is 0 Å². The molecule has 2 aromatic rings. The van der Waals surface area contributed by atoms with E-state index in [9.17, 15) is 4.79 Å². The Morgan fingerprint density at radius 3 is 3.24 bits per heavy atom. The van der Waals surface area contributed by atoms with Crippen molar-refractivity contribution in [3.8, 4) is 0 Å². The van der Waals surface area contributed by atoms with Crippen LogP contribution in [0.15, 0.2) is 16.1 Å². The van der Waals surface area contributed by atoms with Crippen LogP contribution in [0.4, 0.5) is 5.13 Å². The lowest BCUT2D eigenvalue weighted by atomic mass is 10.2. The zero-order valence-electron chi connectivity index (χ0n) is 11.8. The van der Waals surface area contributed by atoms with Gasteiger partial charge in [-0.15, -0.1) is 11.3 Å². The Morgan fingerprint density at radius 1 is 1.62 bits per heavy atom. The number of aromatic nitrogens is 3. The first-order valence-corrected chi connectivity index (χ1v) is 7.90. The molecule has 112 valence electrons. The van der Waals surface area contributed by atoms with Crippen LogP contribution in [-0.2, 0) is 11.2 Å². The summed E-state index contributed by atoms with van der Waals surface area (Å²) in [5.41, 5.74) is 0. The van der Waals surface area contributed by atoms with E-state index in [0.29, 0.717) is 23.4 Å². The van der Waals surface area contributed by atoms with E-state index in [1.165, 1.54) is 11.3 Å². The topological polar surface area (TPSA) is 84.2 Å². The average Bonchev–Trinajstić information content (AvgIpc) is 3.18. The van der Waals surface area contributed by atoms with Crippen molar-refractivity contribution in [2.45, 2.75) is 32.2 Å². The Labute approximate surface area is 126 Å². The number of carbonyl (C=O) groups excluding carboxylic acids is 1. The van der Waals surface area contributed by atoms with Gasteiger partial charge in [0.2, 0.25) is 11.8 Å². The van der Waals surface area contributed by atoms with E-state index in [0.717, 1.165) is 25.8 Å². The van der Waals surface area contributed by atoms with E-state index < -0.39 is 0 Å². The molecule has 1 amide bonds. The number of likely N-dealkylation sites (tertiary alicyclic amines) is 1. The second-order valence-corrected chi connectivity index (χ2v) is 5.81. The predicted octanol–water partition coefficient (Wildman–Crippen LogP) is 1.86. The quantitative estimate of drug-likeness (QED) is 0.907. The predicted molar refractivity (Wildman–Crippen MR) is 78.0 cm³/mol. The summed E-state index contributed by atoms with van der Waals surface area (Å²) in [7, 11) is 0. The Bertz CT molecular complexity index is 597. The maximum Gasteiger partial charge on any atom is 0.240 e. The molecule has 21 heavy (non-hydrogen) atoms. The molecule has 1 fully saturated rings. The highest BCUT2D eigenvalue weighted by Crippen LogP contribution is 2.29. The molecule has 3 heterocycles. The van der Waals surface area contributed by atoms with Crippen LogP contribution in [-0.4, -0.2) is 39.0 Å². The summed E-state index contributed by atoms with van der Waals surface area (Å²) in [5.74, 6) is 1.27. The lowest BCUT2D eigenvalue weighted by molar-refractivity contribution is -0.117. The molecule has 1 N–H and O–H groups in total. The molecule has 1 aliphatic heterocycles. The number of amides is 1. The molecule has 0 aliphatic carbocycles. The van der Waals surface area contributed by atoms with E-state index in [1.54, 1.807) is 6.20 Å². The number of rotatable bonds is 5. The largest absolute Gasteiger partial charge is 0.339 e. The third kappa shape index (κ3) is 3.27. The molecule has 1 saturated heterocycles. The number of aryl methyl sites for hydroxylation is 1. The van der Waals surface area contributed by atoms with E-state index in [-0.39, 0.29) is 11.9 Å². The lowest BCUT2D eigenvalue weighted by Gasteiger charge is -2.20. The van der Waals surface area contributed by atoms with Gasteiger partial charge >= 0.3 is 0 Å². The molecule has 0 bridgehead atoms. The summed E-state index contributed by atoms with van der Waals surface area (Å²) in [5, 5.41) is 9.29. The average molecular weight is 307 g/mol. The normalized spacial score (nSPS) is 19.0. The molecule has 8 heteroatoms. The van der Waals surface area contributed by atoms with Gasteiger partial charge in [-0.05, 0) is 19.4 Å². The van der Waals surface area contributed by atoms with Crippen LogP contribution in [0.1, 0.15) is 37.5 Å². The fraction of sp³-hybridized carbons (Fsp3) is 0.538. The summed E-state index contributed by atoms with van der Waals surface area (Å²) in [6, 6.07) is 0.0658. The number of hydrogen-bond acceptors (Lipinski definition) is 7. The smallest absolute Gasteiger partial charge is 0.240 e. The van der Waals surface area contributed by atoms with Crippen molar-refractivity contribution in [1.82, 2.24) is 20.0 Å². The van der Waals surface area contributed by atoms with Gasteiger partial charge < -0.3 is 9.84 Å². The van der Waals surface area contributed by atoms with Crippen molar-refractivity contribution in [3.63, 3.8) is 0 Å². The van der Waals surface area contributed by atoms with Gasteiger partial charge in [0.05, 0.1) is 12.6 Å². The van der Waals surface area contributed by atoms with Crippen LogP contribution < -0.4 is 5.32 Å². The molecule has 3 rings (SSSR count). The van der Waals surface area contributed by atoms with Crippen molar-refractivity contribution in [2.75, 3.05) is 18.4 Å². The standard InChI is InChI=1S/C13H17N5O2S/c1-2-11-16-12(17-20-11)9-4-3-6-18(9)8-10(19)15-13-14-5-7-21-13/h5,7,9H,2-4,6,8H2,1H3,(H,14,15,19). The van der Waals surface area contributed by atoms with Gasteiger partial charge in [-0.2, -0.15) is 4.98 Å². The van der Waals surface area contributed by atoms with E-state index in [1.807, 2.05) is 12.3 Å². The van der Waals surface area contributed by atoms with Crippen molar-refractivity contribution >= 4 is 22.4 Å². The minimum absolute atomic E-state index is 0.0592. The van der Waals surface area contributed by atoms with Crippen molar-refractivity contribution in [3.05, 3.63) is 23.3 Å². The third-order valence-electron chi connectivity index (χ3n) is 3.47. The molecular formula is C13H17N5O2S. The molecule has 1 atom stereocenters. The Balaban J connectivity index is 1.62. The number of carbonyl (C=O) groups is 1. The molecule has 1 aliphatic rings. The van der Waals surface area contributed by atoms with E-state index >= 15 is 0 Å². The first-order valence-electron chi connectivity index (χ1n) is 7.02. The lowest BCUT2D eigenvalue weighted by Crippen LogP contribution is -2.33. The minimum Gasteiger partial charge on any atom is -0.339 e. The van der Waals surface area contributed by atoms with Crippen LogP contribution in [0.3, 0.4) is 0 Å². The minimum atomic E-state index is -0.0592. The highest BCUT2D eigenvalue weighted by atomic mass is 32.1. The van der Waals surface area contributed by atoms with Gasteiger partial charge in [0.15, 0.2) is 11.0 Å². The first kappa shape index (κ1) is 14.2. The number of nitrogens with zero attached hydrogens (tertiary/aromatic N) is 4. The number of hydrogen-bond donors (Lipinski definition) is 1. The number of anilines is 1. The summed E-state index contributed by atoms with van der Waals surface area (Å²) < 4.78 is 5.17. The van der Waals surface area contributed by atoms with E-state index in [4.69, 9.17) is 4.52 Å². The van der Waals surface area contributed by atoms with Crippen LogP contribution in [0.5, 0.6) is 0 Å². The zero-order valence-corrected chi connectivity index (χ0v) is 12.6. The molecular weight excluding hydrogens is 290 g/mol. The third-order valence-corrected chi connectivity index (χ3v) is 4.16. The van der Waals surface area contributed by atoms with E-state index in [2.05, 4.69) is 25.3 Å². The Morgan fingerprint density at radius 2 is 2.52 bits per heavy atom. The van der Waals surface area contributed by atoms with Crippen molar-refractivity contribution in [1.29, 1.82) is 0 Å². The van der Waals surface area contributed by atoms with Gasteiger partial charge in [-0.1, -0.05) is 12.1 Å².